The zero-order chi connectivity index (χ0) is 11.5. The number of aromatic nitrogens is 1. The van der Waals surface area contributed by atoms with Gasteiger partial charge < -0.3 is 0 Å². The van der Waals surface area contributed by atoms with E-state index in [9.17, 15) is 0 Å². The van der Waals surface area contributed by atoms with Gasteiger partial charge in [-0.2, -0.15) is 0 Å². The molecule has 0 spiro atoms. The van der Waals surface area contributed by atoms with Gasteiger partial charge in [0.05, 0.1) is 16.0 Å². The Labute approximate surface area is 105 Å². The summed E-state index contributed by atoms with van der Waals surface area (Å²) in [5.41, 5.74) is 2.21. The van der Waals surface area contributed by atoms with Gasteiger partial charge in [-0.15, -0.1) is 0 Å². The molecule has 1 aromatic carbocycles. The summed E-state index contributed by atoms with van der Waals surface area (Å²) in [6, 6.07) is 12.5. The van der Waals surface area contributed by atoms with Crippen molar-refractivity contribution in [3.8, 4) is 0 Å². The summed E-state index contributed by atoms with van der Waals surface area (Å²) >= 11 is 3.71. The Bertz CT molecular complexity index is 479. The van der Waals surface area contributed by atoms with Crippen molar-refractivity contribution >= 4 is 26.8 Å². The second-order valence-corrected chi connectivity index (χ2v) is 5.63. The van der Waals surface area contributed by atoms with Crippen LogP contribution in [-0.4, -0.2) is 4.98 Å². The first-order valence-corrected chi connectivity index (χ1v) is 6.58. The van der Waals surface area contributed by atoms with Crippen molar-refractivity contribution in [2.45, 2.75) is 25.1 Å². The lowest BCUT2D eigenvalue weighted by molar-refractivity contribution is 0.579. The van der Waals surface area contributed by atoms with Gasteiger partial charge in [0.25, 0.3) is 0 Å². The van der Waals surface area contributed by atoms with E-state index in [2.05, 4.69) is 59.0 Å². The highest BCUT2D eigenvalue weighted by Gasteiger charge is 2.11. The minimum atomic E-state index is 0.358. The molecule has 0 aliphatic heterocycles. The van der Waals surface area contributed by atoms with Crippen LogP contribution < -0.4 is 0 Å². The number of hydrogen-bond donors (Lipinski definition) is 0. The molecule has 0 saturated heterocycles. The summed E-state index contributed by atoms with van der Waals surface area (Å²) in [6.07, 6.45) is 1.12. The second-order valence-electron chi connectivity index (χ2n) is 4.53. The van der Waals surface area contributed by atoms with Crippen molar-refractivity contribution in [3.63, 3.8) is 0 Å². The van der Waals surface area contributed by atoms with Crippen molar-refractivity contribution in [1.82, 2.24) is 4.98 Å². The lowest BCUT2D eigenvalue weighted by Crippen LogP contribution is -1.98. The molecule has 0 fully saturated rings. The Morgan fingerprint density at radius 2 is 1.88 bits per heavy atom. The zero-order valence-electron chi connectivity index (χ0n) is 9.65. The predicted octanol–water partition coefficient (Wildman–Crippen LogP) is 4.72. The van der Waals surface area contributed by atoms with Crippen molar-refractivity contribution in [2.24, 2.45) is 5.92 Å². The maximum atomic E-state index is 4.68. The lowest BCUT2D eigenvalue weighted by atomic mass is 10.1. The average Bonchev–Trinajstić information content (AvgIpc) is 2.27. The van der Waals surface area contributed by atoms with E-state index in [1.165, 1.54) is 5.39 Å². The van der Waals surface area contributed by atoms with Gasteiger partial charge in [0.2, 0.25) is 0 Å². The van der Waals surface area contributed by atoms with Gasteiger partial charge in [-0.05, 0) is 24.5 Å². The highest BCUT2D eigenvalue weighted by molar-refractivity contribution is 9.09. The molecule has 1 unspecified atom stereocenters. The number of pyridine rings is 1. The van der Waals surface area contributed by atoms with Gasteiger partial charge in [-0.3, -0.25) is 4.98 Å². The SMILES string of the molecule is CC(C)CC(Br)c1ccc2ccccc2n1. The first-order valence-electron chi connectivity index (χ1n) is 5.66. The molecule has 0 N–H and O–H groups in total. The fourth-order valence-electron chi connectivity index (χ4n) is 1.79. The third kappa shape index (κ3) is 2.62. The Kier molecular flexibility index (Phi) is 3.59. The van der Waals surface area contributed by atoms with Crippen molar-refractivity contribution in [2.75, 3.05) is 0 Å². The summed E-state index contributed by atoms with van der Waals surface area (Å²) in [6.45, 7) is 4.46. The molecule has 0 saturated carbocycles. The Hall–Kier alpha value is -0.890. The van der Waals surface area contributed by atoms with E-state index in [0.29, 0.717) is 10.7 Å². The molecule has 0 aliphatic carbocycles. The van der Waals surface area contributed by atoms with Crippen LogP contribution in [0.1, 0.15) is 30.8 Å². The van der Waals surface area contributed by atoms with E-state index in [1.54, 1.807) is 0 Å². The van der Waals surface area contributed by atoms with Crippen molar-refractivity contribution < 1.29 is 0 Å². The minimum absolute atomic E-state index is 0.358. The summed E-state index contributed by atoms with van der Waals surface area (Å²) in [5.74, 6) is 0.678. The van der Waals surface area contributed by atoms with Gasteiger partial charge in [0.1, 0.15) is 0 Å². The van der Waals surface area contributed by atoms with Gasteiger partial charge >= 0.3 is 0 Å². The lowest BCUT2D eigenvalue weighted by Gasteiger charge is -2.12. The Balaban J connectivity index is 2.32. The van der Waals surface area contributed by atoms with Crippen LogP contribution in [0.2, 0.25) is 0 Å². The first-order chi connectivity index (χ1) is 7.66. The number of benzene rings is 1. The largest absolute Gasteiger partial charge is 0.252 e. The number of nitrogens with zero attached hydrogens (tertiary/aromatic N) is 1. The van der Waals surface area contributed by atoms with E-state index >= 15 is 0 Å². The molecule has 0 amide bonds. The molecule has 1 heterocycles. The molecule has 0 radical (unpaired) electrons. The van der Waals surface area contributed by atoms with Crippen LogP contribution in [0, 0.1) is 5.92 Å². The Morgan fingerprint density at radius 3 is 2.62 bits per heavy atom. The van der Waals surface area contributed by atoms with Crippen LogP contribution in [0.25, 0.3) is 10.9 Å². The highest BCUT2D eigenvalue weighted by atomic mass is 79.9. The topological polar surface area (TPSA) is 12.9 Å². The summed E-state index contributed by atoms with van der Waals surface area (Å²) in [7, 11) is 0. The fraction of sp³-hybridized carbons (Fsp3) is 0.357. The summed E-state index contributed by atoms with van der Waals surface area (Å²) in [5, 5.41) is 1.20. The number of para-hydroxylation sites is 1. The highest BCUT2D eigenvalue weighted by Crippen LogP contribution is 2.29. The molecule has 84 valence electrons. The third-order valence-electron chi connectivity index (χ3n) is 2.62. The monoisotopic (exact) mass is 277 g/mol. The fourth-order valence-corrected chi connectivity index (χ4v) is 2.79. The summed E-state index contributed by atoms with van der Waals surface area (Å²) in [4.78, 5) is 5.04. The van der Waals surface area contributed by atoms with Crippen LogP contribution in [0.15, 0.2) is 36.4 Å². The summed E-state index contributed by atoms with van der Waals surface area (Å²) < 4.78 is 0. The van der Waals surface area contributed by atoms with Gasteiger partial charge in [0, 0.05) is 5.39 Å². The third-order valence-corrected chi connectivity index (χ3v) is 3.46. The molecular formula is C14H16BrN. The molecule has 1 atom stereocenters. The van der Waals surface area contributed by atoms with E-state index in [0.717, 1.165) is 17.6 Å². The minimum Gasteiger partial charge on any atom is -0.252 e. The molecule has 2 aromatic rings. The molecule has 1 nitrogen and oxygen atoms in total. The van der Waals surface area contributed by atoms with Gasteiger partial charge in [-0.1, -0.05) is 54.0 Å². The predicted molar refractivity (Wildman–Crippen MR) is 72.9 cm³/mol. The van der Waals surface area contributed by atoms with Gasteiger partial charge in [-0.25, -0.2) is 0 Å². The van der Waals surface area contributed by atoms with E-state index < -0.39 is 0 Å². The number of fused-ring (bicyclic) bond motifs is 1. The molecule has 0 aliphatic rings. The van der Waals surface area contributed by atoms with E-state index in [1.807, 2.05) is 12.1 Å². The van der Waals surface area contributed by atoms with Crippen LogP contribution in [0.5, 0.6) is 0 Å². The number of alkyl halides is 1. The van der Waals surface area contributed by atoms with Gasteiger partial charge in [0.15, 0.2) is 0 Å². The Morgan fingerprint density at radius 1 is 1.12 bits per heavy atom. The average molecular weight is 278 g/mol. The van der Waals surface area contributed by atoms with Crippen LogP contribution in [0.3, 0.4) is 0 Å². The van der Waals surface area contributed by atoms with E-state index in [4.69, 9.17) is 0 Å². The van der Waals surface area contributed by atoms with Crippen molar-refractivity contribution in [3.05, 3.63) is 42.1 Å². The number of rotatable bonds is 3. The zero-order valence-corrected chi connectivity index (χ0v) is 11.2. The smallest absolute Gasteiger partial charge is 0.0705 e. The maximum absolute atomic E-state index is 4.68. The standard InChI is InChI=1S/C14H16BrN/c1-10(2)9-12(15)14-8-7-11-5-3-4-6-13(11)16-14/h3-8,10,12H,9H2,1-2H3. The van der Waals surface area contributed by atoms with Crippen LogP contribution in [0.4, 0.5) is 0 Å². The molecule has 2 rings (SSSR count). The molecule has 16 heavy (non-hydrogen) atoms. The molecule has 2 heteroatoms. The van der Waals surface area contributed by atoms with Crippen LogP contribution in [-0.2, 0) is 0 Å². The number of hydrogen-bond acceptors (Lipinski definition) is 1. The maximum Gasteiger partial charge on any atom is 0.0705 e. The second kappa shape index (κ2) is 4.96. The van der Waals surface area contributed by atoms with Crippen molar-refractivity contribution in [1.29, 1.82) is 0 Å². The normalized spacial score (nSPS) is 13.2. The molecular weight excluding hydrogens is 262 g/mol. The molecule has 0 bridgehead atoms. The first kappa shape index (κ1) is 11.6. The number of halogens is 1. The van der Waals surface area contributed by atoms with E-state index in [-0.39, 0.29) is 0 Å². The van der Waals surface area contributed by atoms with Crippen LogP contribution >= 0.6 is 15.9 Å². The molecule has 1 aromatic heterocycles. The quantitative estimate of drug-likeness (QED) is 0.740.